The zero-order chi connectivity index (χ0) is 17.3. The molecule has 0 bridgehead atoms. The number of nitrogens with zero attached hydrogens (tertiary/aromatic N) is 2. The molecule has 8 nitrogen and oxygen atoms in total. The van der Waals surface area contributed by atoms with Crippen LogP contribution >= 0.6 is 0 Å². The first-order valence-corrected chi connectivity index (χ1v) is 6.85. The maximum atomic E-state index is 12.4. The van der Waals surface area contributed by atoms with Crippen LogP contribution in [0.4, 0.5) is 5.69 Å². The molecule has 2 rings (SSSR count). The number of anilines is 1. The third kappa shape index (κ3) is 3.15. The molecule has 2 amide bonds. The summed E-state index contributed by atoms with van der Waals surface area (Å²) in [7, 11) is 1.48. The van der Waals surface area contributed by atoms with Crippen molar-refractivity contribution in [1.82, 2.24) is 4.90 Å². The predicted molar refractivity (Wildman–Crippen MR) is 79.1 cm³/mol. The zero-order valence-corrected chi connectivity index (χ0v) is 12.6. The normalized spacial score (nSPS) is 17.5. The monoisotopic (exact) mass is 320 g/mol. The van der Waals surface area contributed by atoms with Gasteiger partial charge in [-0.2, -0.15) is 0 Å². The third-order valence-corrected chi connectivity index (χ3v) is 3.67. The second-order valence-electron chi connectivity index (χ2n) is 5.35. The second-order valence-corrected chi connectivity index (χ2v) is 5.35. The van der Waals surface area contributed by atoms with Gasteiger partial charge in [-0.1, -0.05) is 0 Å². The van der Waals surface area contributed by atoms with Gasteiger partial charge < -0.3 is 15.1 Å². The van der Waals surface area contributed by atoms with E-state index in [1.54, 1.807) is 0 Å². The lowest BCUT2D eigenvalue weighted by molar-refractivity contribution is -0.142. The van der Waals surface area contributed by atoms with Crippen LogP contribution in [0.15, 0.2) is 18.2 Å². The minimum atomic E-state index is -1.20. The fraction of sp³-hybridized carbons (Fsp3) is 0.333. The average Bonchev–Trinajstić information content (AvgIpc) is 2.54. The number of carboxylic acid groups (broad SMARTS) is 2. The van der Waals surface area contributed by atoms with Gasteiger partial charge in [0.05, 0.1) is 12.0 Å². The summed E-state index contributed by atoms with van der Waals surface area (Å²) in [6, 6.07) is 2.99. The van der Waals surface area contributed by atoms with Gasteiger partial charge in [-0.25, -0.2) is 4.79 Å². The molecule has 1 aliphatic heterocycles. The number of carboxylic acids is 2. The molecule has 0 saturated carbocycles. The summed E-state index contributed by atoms with van der Waals surface area (Å²) in [6.45, 7) is 1.33. The van der Waals surface area contributed by atoms with Gasteiger partial charge in [0.1, 0.15) is 6.04 Å². The number of likely N-dealkylation sites (N-methyl/N-ethyl adjacent to an activating group) is 1. The molecule has 122 valence electrons. The number of hydrogen-bond donors (Lipinski definition) is 2. The molecule has 0 radical (unpaired) electrons. The highest BCUT2D eigenvalue weighted by atomic mass is 16.4. The number of aromatic carboxylic acids is 1. The van der Waals surface area contributed by atoms with Crippen molar-refractivity contribution in [2.75, 3.05) is 11.9 Å². The summed E-state index contributed by atoms with van der Waals surface area (Å²) in [5, 5.41) is 18.1. The molecule has 1 aliphatic rings. The van der Waals surface area contributed by atoms with Gasteiger partial charge in [0.15, 0.2) is 0 Å². The van der Waals surface area contributed by atoms with E-state index in [2.05, 4.69) is 0 Å². The van der Waals surface area contributed by atoms with E-state index in [0.717, 1.165) is 4.90 Å². The molecule has 1 heterocycles. The summed E-state index contributed by atoms with van der Waals surface area (Å²) in [4.78, 5) is 49.1. The Morgan fingerprint density at radius 2 is 1.91 bits per heavy atom. The number of amides is 2. The van der Waals surface area contributed by atoms with E-state index in [0.29, 0.717) is 11.3 Å². The maximum absolute atomic E-state index is 12.4. The van der Waals surface area contributed by atoms with Crippen LogP contribution in [0.2, 0.25) is 0 Å². The van der Waals surface area contributed by atoms with Crippen molar-refractivity contribution in [3.05, 3.63) is 29.3 Å². The maximum Gasteiger partial charge on any atom is 0.335 e. The van der Waals surface area contributed by atoms with Crippen molar-refractivity contribution in [3.8, 4) is 0 Å². The summed E-state index contributed by atoms with van der Waals surface area (Å²) in [5.74, 6) is -3.31. The molecule has 23 heavy (non-hydrogen) atoms. The first-order valence-electron chi connectivity index (χ1n) is 6.85. The van der Waals surface area contributed by atoms with Crippen LogP contribution < -0.4 is 4.90 Å². The Kier molecular flexibility index (Phi) is 4.35. The number of carbonyl (C=O) groups is 4. The van der Waals surface area contributed by atoms with Gasteiger partial charge in [-0.3, -0.25) is 19.3 Å². The molecule has 1 atom stereocenters. The van der Waals surface area contributed by atoms with Gasteiger partial charge in [-0.15, -0.1) is 0 Å². The van der Waals surface area contributed by atoms with Gasteiger partial charge in [0, 0.05) is 26.2 Å². The molecule has 0 aliphatic carbocycles. The fourth-order valence-electron chi connectivity index (χ4n) is 2.68. The molecule has 1 unspecified atom stereocenters. The van der Waals surface area contributed by atoms with Crippen molar-refractivity contribution in [1.29, 1.82) is 0 Å². The molecular formula is C15H16N2O6. The number of fused-ring (bicyclic) bond motifs is 1. The summed E-state index contributed by atoms with van der Waals surface area (Å²) in [6.07, 6.45) is -0.525. The topological polar surface area (TPSA) is 115 Å². The van der Waals surface area contributed by atoms with Crippen LogP contribution in [0, 0.1) is 0 Å². The van der Waals surface area contributed by atoms with Crippen molar-refractivity contribution in [2.24, 2.45) is 0 Å². The van der Waals surface area contributed by atoms with Gasteiger partial charge in [-0.05, 0) is 23.8 Å². The number of carbonyl (C=O) groups excluding carboxylic acids is 2. The first-order chi connectivity index (χ1) is 10.7. The second kappa shape index (κ2) is 6.07. The van der Waals surface area contributed by atoms with E-state index in [-0.39, 0.29) is 12.1 Å². The quantitative estimate of drug-likeness (QED) is 0.840. The number of hydrogen-bond acceptors (Lipinski definition) is 4. The molecule has 8 heteroatoms. The summed E-state index contributed by atoms with van der Waals surface area (Å²) >= 11 is 0. The molecule has 2 N–H and O–H groups in total. The van der Waals surface area contributed by atoms with Crippen LogP contribution in [0.1, 0.15) is 29.3 Å². The Morgan fingerprint density at radius 3 is 2.43 bits per heavy atom. The lowest BCUT2D eigenvalue weighted by Crippen LogP contribution is -2.48. The van der Waals surface area contributed by atoms with Crippen LogP contribution in [-0.4, -0.2) is 52.0 Å². The summed E-state index contributed by atoms with van der Waals surface area (Å²) < 4.78 is 0. The molecule has 0 fully saturated rings. The molecule has 1 aromatic rings. The van der Waals surface area contributed by atoms with Crippen LogP contribution in [0.3, 0.4) is 0 Å². The van der Waals surface area contributed by atoms with Crippen molar-refractivity contribution in [3.63, 3.8) is 0 Å². The van der Waals surface area contributed by atoms with E-state index in [1.165, 1.54) is 37.1 Å². The Balaban J connectivity index is 2.62. The van der Waals surface area contributed by atoms with E-state index >= 15 is 0 Å². The highest BCUT2D eigenvalue weighted by Gasteiger charge is 2.37. The largest absolute Gasteiger partial charge is 0.481 e. The number of benzene rings is 1. The van der Waals surface area contributed by atoms with E-state index < -0.39 is 36.2 Å². The van der Waals surface area contributed by atoms with Crippen molar-refractivity contribution >= 4 is 29.4 Å². The lowest BCUT2D eigenvalue weighted by atomic mass is 10.1. The smallest absolute Gasteiger partial charge is 0.335 e. The third-order valence-electron chi connectivity index (χ3n) is 3.67. The van der Waals surface area contributed by atoms with Gasteiger partial charge >= 0.3 is 11.9 Å². The Bertz CT molecular complexity index is 699. The predicted octanol–water partition coefficient (Wildman–Crippen LogP) is 0.553. The molecule has 0 spiro atoms. The van der Waals surface area contributed by atoms with Crippen LogP contribution in [0.5, 0.6) is 0 Å². The minimum Gasteiger partial charge on any atom is -0.481 e. The van der Waals surface area contributed by atoms with Crippen LogP contribution in [0.25, 0.3) is 0 Å². The van der Waals surface area contributed by atoms with E-state index in [1.807, 2.05) is 0 Å². The standard InChI is InChI=1S/C15H16N2O6/c1-8(18)17-11-4-3-9(15(22)23)5-10(11)7-16(2)14(21)12(17)6-13(19)20/h3-5,12H,6-7H2,1-2H3,(H,19,20)(H,22,23). The Labute approximate surface area is 131 Å². The minimum absolute atomic E-state index is 0.0322. The molecular weight excluding hydrogens is 304 g/mol. The lowest BCUT2D eigenvalue weighted by Gasteiger charge is -2.28. The Morgan fingerprint density at radius 1 is 1.26 bits per heavy atom. The molecule has 0 aromatic heterocycles. The molecule has 0 saturated heterocycles. The number of rotatable bonds is 3. The highest BCUT2D eigenvalue weighted by molar-refractivity contribution is 6.03. The van der Waals surface area contributed by atoms with E-state index in [9.17, 15) is 19.2 Å². The van der Waals surface area contributed by atoms with Gasteiger partial charge in [0.2, 0.25) is 11.8 Å². The molecule has 1 aromatic carbocycles. The fourth-order valence-corrected chi connectivity index (χ4v) is 2.68. The summed E-state index contributed by atoms with van der Waals surface area (Å²) in [5.41, 5.74) is 0.861. The van der Waals surface area contributed by atoms with Crippen LogP contribution in [-0.2, 0) is 20.9 Å². The highest BCUT2D eigenvalue weighted by Crippen LogP contribution is 2.30. The Hall–Kier alpha value is -2.90. The van der Waals surface area contributed by atoms with E-state index in [4.69, 9.17) is 10.2 Å². The van der Waals surface area contributed by atoms with Crippen molar-refractivity contribution < 1.29 is 29.4 Å². The zero-order valence-electron chi connectivity index (χ0n) is 12.6. The SMILES string of the molecule is CC(=O)N1c2ccc(C(=O)O)cc2CN(C)C(=O)C1CC(=O)O. The average molecular weight is 320 g/mol. The van der Waals surface area contributed by atoms with Gasteiger partial charge in [0.25, 0.3) is 0 Å². The van der Waals surface area contributed by atoms with Crippen molar-refractivity contribution in [2.45, 2.75) is 25.9 Å². The first kappa shape index (κ1) is 16.5. The number of aliphatic carboxylic acids is 1.